The van der Waals surface area contributed by atoms with Crippen LogP contribution < -0.4 is 10.5 Å². The van der Waals surface area contributed by atoms with Gasteiger partial charge in [-0.15, -0.1) is 0 Å². The van der Waals surface area contributed by atoms with Crippen molar-refractivity contribution in [2.24, 2.45) is 5.73 Å². The molecule has 0 saturated heterocycles. The fourth-order valence-corrected chi connectivity index (χ4v) is 2.47. The zero-order chi connectivity index (χ0) is 13.8. The summed E-state index contributed by atoms with van der Waals surface area (Å²) in [6.07, 6.45) is 0.643. The monoisotopic (exact) mass is 295 g/mol. The fraction of sp³-hybridized carbons (Fsp3) is 0.200. The highest BCUT2D eigenvalue weighted by atomic mass is 35.5. The van der Waals surface area contributed by atoms with Crippen molar-refractivity contribution in [1.82, 2.24) is 0 Å². The first kappa shape index (κ1) is 14.2. The molecule has 0 aliphatic rings. The Morgan fingerprint density at radius 1 is 1.11 bits per heavy atom. The van der Waals surface area contributed by atoms with Gasteiger partial charge in [-0.1, -0.05) is 53.5 Å². The third-order valence-electron chi connectivity index (χ3n) is 3.01. The van der Waals surface area contributed by atoms with Gasteiger partial charge in [-0.25, -0.2) is 0 Å². The number of hydrogen-bond acceptors (Lipinski definition) is 2. The molecule has 0 radical (unpaired) electrons. The summed E-state index contributed by atoms with van der Waals surface area (Å²) in [5.41, 5.74) is 8.12. The quantitative estimate of drug-likeness (QED) is 0.915. The van der Waals surface area contributed by atoms with E-state index in [1.54, 1.807) is 13.2 Å². The zero-order valence-corrected chi connectivity index (χ0v) is 12.1. The molecule has 4 heteroatoms. The summed E-state index contributed by atoms with van der Waals surface area (Å²) >= 11 is 12.2. The third kappa shape index (κ3) is 3.21. The standard InChI is InChI=1S/C15H15Cl2NO/c1-19-14-8-3-2-5-10(14)9-13(18)11-6-4-7-12(16)15(11)17/h2-8,13H,9,18H2,1H3. The molecule has 2 aromatic rings. The molecule has 0 bridgehead atoms. The molecule has 2 rings (SSSR count). The molecule has 2 N–H and O–H groups in total. The topological polar surface area (TPSA) is 35.2 Å². The summed E-state index contributed by atoms with van der Waals surface area (Å²) in [6.45, 7) is 0. The summed E-state index contributed by atoms with van der Waals surface area (Å²) in [5.74, 6) is 0.830. The summed E-state index contributed by atoms with van der Waals surface area (Å²) in [7, 11) is 1.65. The van der Waals surface area contributed by atoms with Crippen LogP contribution in [0.4, 0.5) is 0 Å². The molecule has 0 spiro atoms. The zero-order valence-electron chi connectivity index (χ0n) is 10.6. The van der Waals surface area contributed by atoms with Crippen LogP contribution in [0.5, 0.6) is 5.75 Å². The van der Waals surface area contributed by atoms with Crippen molar-refractivity contribution < 1.29 is 4.74 Å². The lowest BCUT2D eigenvalue weighted by atomic mass is 9.99. The molecule has 2 nitrogen and oxygen atoms in total. The molecule has 0 heterocycles. The largest absolute Gasteiger partial charge is 0.496 e. The van der Waals surface area contributed by atoms with Crippen molar-refractivity contribution in [2.45, 2.75) is 12.5 Å². The van der Waals surface area contributed by atoms with E-state index in [1.165, 1.54) is 0 Å². The molecule has 0 aliphatic carbocycles. The Balaban J connectivity index is 2.26. The Labute approximate surface area is 123 Å². The second-order valence-electron chi connectivity index (χ2n) is 4.27. The Kier molecular flexibility index (Phi) is 4.70. The van der Waals surface area contributed by atoms with E-state index in [2.05, 4.69) is 0 Å². The van der Waals surface area contributed by atoms with E-state index in [-0.39, 0.29) is 6.04 Å². The summed E-state index contributed by atoms with van der Waals surface area (Å²) in [4.78, 5) is 0. The number of benzene rings is 2. The molecule has 0 saturated carbocycles. The van der Waals surface area contributed by atoms with Crippen LogP contribution in [0, 0.1) is 0 Å². The normalized spacial score (nSPS) is 12.2. The predicted molar refractivity (Wildman–Crippen MR) is 80.1 cm³/mol. The number of ether oxygens (including phenoxy) is 1. The van der Waals surface area contributed by atoms with Crippen LogP contribution in [-0.4, -0.2) is 7.11 Å². The minimum atomic E-state index is -0.220. The van der Waals surface area contributed by atoms with Gasteiger partial charge >= 0.3 is 0 Å². The molecule has 1 unspecified atom stereocenters. The van der Waals surface area contributed by atoms with E-state index in [4.69, 9.17) is 33.7 Å². The predicted octanol–water partition coefficient (Wildman–Crippen LogP) is 4.24. The number of methoxy groups -OCH3 is 1. The van der Waals surface area contributed by atoms with Gasteiger partial charge in [0.2, 0.25) is 0 Å². The molecule has 100 valence electrons. The van der Waals surface area contributed by atoms with Gasteiger partial charge in [0.15, 0.2) is 0 Å². The summed E-state index contributed by atoms with van der Waals surface area (Å²) in [5, 5.41) is 1.04. The lowest BCUT2D eigenvalue weighted by molar-refractivity contribution is 0.408. The van der Waals surface area contributed by atoms with E-state index in [0.29, 0.717) is 16.5 Å². The lowest BCUT2D eigenvalue weighted by Gasteiger charge is -2.16. The number of nitrogens with two attached hydrogens (primary N) is 1. The van der Waals surface area contributed by atoms with Crippen molar-refractivity contribution in [1.29, 1.82) is 0 Å². The van der Waals surface area contributed by atoms with Gasteiger partial charge in [0.05, 0.1) is 17.2 Å². The molecule has 19 heavy (non-hydrogen) atoms. The molecule has 1 atom stereocenters. The van der Waals surface area contributed by atoms with Gasteiger partial charge in [0.25, 0.3) is 0 Å². The van der Waals surface area contributed by atoms with Gasteiger partial charge in [-0.05, 0) is 29.7 Å². The highest BCUT2D eigenvalue weighted by Gasteiger charge is 2.14. The smallest absolute Gasteiger partial charge is 0.122 e. The lowest BCUT2D eigenvalue weighted by Crippen LogP contribution is -2.14. The fourth-order valence-electron chi connectivity index (χ4n) is 2.03. The first-order valence-corrected chi connectivity index (χ1v) is 6.70. The second kappa shape index (κ2) is 6.29. The van der Waals surface area contributed by atoms with Gasteiger partial charge in [-0.3, -0.25) is 0 Å². The number of halogens is 2. The first-order valence-electron chi connectivity index (χ1n) is 5.95. The van der Waals surface area contributed by atoms with E-state index >= 15 is 0 Å². The third-order valence-corrected chi connectivity index (χ3v) is 3.85. The summed E-state index contributed by atoms with van der Waals surface area (Å²) < 4.78 is 5.32. The van der Waals surface area contributed by atoms with Crippen LogP contribution >= 0.6 is 23.2 Å². The molecule has 0 aromatic heterocycles. The van der Waals surface area contributed by atoms with Gasteiger partial charge in [0.1, 0.15) is 5.75 Å². The number of para-hydroxylation sites is 1. The average molecular weight is 296 g/mol. The van der Waals surface area contributed by atoms with Crippen LogP contribution in [0.15, 0.2) is 42.5 Å². The van der Waals surface area contributed by atoms with Crippen molar-refractivity contribution in [3.05, 3.63) is 63.6 Å². The highest BCUT2D eigenvalue weighted by Crippen LogP contribution is 2.31. The Hall–Kier alpha value is -1.22. The maximum absolute atomic E-state index is 6.22. The van der Waals surface area contributed by atoms with Crippen molar-refractivity contribution in [3.8, 4) is 5.75 Å². The molecule has 0 aliphatic heterocycles. The van der Waals surface area contributed by atoms with E-state index in [0.717, 1.165) is 16.9 Å². The molecular weight excluding hydrogens is 281 g/mol. The Morgan fingerprint density at radius 2 is 1.84 bits per heavy atom. The van der Waals surface area contributed by atoms with Crippen LogP contribution in [0.2, 0.25) is 10.0 Å². The molecular formula is C15H15Cl2NO. The van der Waals surface area contributed by atoms with E-state index in [1.807, 2.05) is 36.4 Å². The first-order chi connectivity index (χ1) is 9.13. The van der Waals surface area contributed by atoms with Gasteiger partial charge in [0, 0.05) is 6.04 Å². The van der Waals surface area contributed by atoms with E-state index < -0.39 is 0 Å². The molecule has 0 fully saturated rings. The van der Waals surface area contributed by atoms with Gasteiger partial charge < -0.3 is 10.5 Å². The maximum Gasteiger partial charge on any atom is 0.122 e. The van der Waals surface area contributed by atoms with Crippen LogP contribution in [0.3, 0.4) is 0 Å². The van der Waals surface area contributed by atoms with Crippen molar-refractivity contribution in [2.75, 3.05) is 7.11 Å². The molecule has 0 amide bonds. The Bertz CT molecular complexity index is 572. The van der Waals surface area contributed by atoms with E-state index in [9.17, 15) is 0 Å². The molecule has 2 aromatic carbocycles. The van der Waals surface area contributed by atoms with Crippen molar-refractivity contribution in [3.63, 3.8) is 0 Å². The van der Waals surface area contributed by atoms with Crippen LogP contribution in [0.1, 0.15) is 17.2 Å². The second-order valence-corrected chi connectivity index (χ2v) is 5.05. The summed E-state index contributed by atoms with van der Waals surface area (Å²) in [6, 6.07) is 13.1. The van der Waals surface area contributed by atoms with Crippen LogP contribution in [0.25, 0.3) is 0 Å². The maximum atomic E-state index is 6.22. The SMILES string of the molecule is COc1ccccc1CC(N)c1cccc(Cl)c1Cl. The highest BCUT2D eigenvalue weighted by molar-refractivity contribution is 6.42. The average Bonchev–Trinajstić information content (AvgIpc) is 2.42. The minimum Gasteiger partial charge on any atom is -0.496 e. The van der Waals surface area contributed by atoms with Crippen molar-refractivity contribution >= 4 is 23.2 Å². The Morgan fingerprint density at radius 3 is 2.58 bits per heavy atom. The van der Waals surface area contributed by atoms with Crippen LogP contribution in [-0.2, 0) is 6.42 Å². The minimum absolute atomic E-state index is 0.220. The number of rotatable bonds is 4. The van der Waals surface area contributed by atoms with Gasteiger partial charge in [-0.2, -0.15) is 0 Å². The number of hydrogen-bond donors (Lipinski definition) is 1.